The molecule has 3 aromatic rings. The summed E-state index contributed by atoms with van der Waals surface area (Å²) in [5.74, 6) is -0.513. The maximum absolute atomic E-state index is 13.4. The Morgan fingerprint density at radius 1 is 1.23 bits per heavy atom. The molecule has 158 valence electrons. The molecule has 0 fully saturated rings. The van der Waals surface area contributed by atoms with Crippen molar-refractivity contribution in [1.82, 2.24) is 0 Å². The van der Waals surface area contributed by atoms with Crippen molar-refractivity contribution < 1.29 is 19.7 Å². The molecule has 0 radical (unpaired) electrons. The lowest BCUT2D eigenvalue weighted by Gasteiger charge is -2.18. The molecular formula is C22H18ClN3O4S. The molecule has 0 aliphatic rings. The summed E-state index contributed by atoms with van der Waals surface area (Å²) in [5.41, 5.74) is 1.92. The minimum absolute atomic E-state index is 0.0742. The minimum atomic E-state index is -0.568. The number of nitrogens with one attached hydrogen (secondary N) is 1. The first-order valence-electron chi connectivity index (χ1n) is 9.16. The Hall–Kier alpha value is -3.33. The van der Waals surface area contributed by atoms with E-state index in [1.54, 1.807) is 42.7 Å². The Morgan fingerprint density at radius 2 is 1.97 bits per heavy atom. The van der Waals surface area contributed by atoms with Gasteiger partial charge in [-0.2, -0.15) is 4.57 Å². The zero-order chi connectivity index (χ0) is 22.5. The predicted octanol–water partition coefficient (Wildman–Crippen LogP) is 3.46. The Balaban J connectivity index is 2.15. The van der Waals surface area contributed by atoms with Gasteiger partial charge < -0.3 is 15.5 Å². The van der Waals surface area contributed by atoms with Crippen LogP contribution >= 0.6 is 23.8 Å². The number of pyridine rings is 1. The van der Waals surface area contributed by atoms with E-state index in [2.05, 4.69) is 5.32 Å². The third-order valence-electron chi connectivity index (χ3n) is 4.57. The summed E-state index contributed by atoms with van der Waals surface area (Å²) in [5, 5.41) is 37.6. The first-order chi connectivity index (χ1) is 14.8. The van der Waals surface area contributed by atoms with Gasteiger partial charge in [0.25, 0.3) is 5.69 Å². The van der Waals surface area contributed by atoms with Gasteiger partial charge in [0.1, 0.15) is 0 Å². The zero-order valence-corrected chi connectivity index (χ0v) is 18.0. The fourth-order valence-corrected chi connectivity index (χ4v) is 3.40. The summed E-state index contributed by atoms with van der Waals surface area (Å²) < 4.78 is 1.49. The summed E-state index contributed by atoms with van der Waals surface area (Å²) in [7, 11) is 0. The van der Waals surface area contributed by atoms with E-state index in [-0.39, 0.29) is 28.5 Å². The number of rotatable bonds is 6. The van der Waals surface area contributed by atoms with E-state index in [0.717, 1.165) is 5.56 Å². The van der Waals surface area contributed by atoms with Crippen LogP contribution in [0.1, 0.15) is 16.7 Å². The fourth-order valence-electron chi connectivity index (χ4n) is 2.92. The molecular weight excluding hydrogens is 438 g/mol. The van der Waals surface area contributed by atoms with Crippen molar-refractivity contribution in [3.63, 3.8) is 0 Å². The van der Waals surface area contributed by atoms with Crippen LogP contribution in [-0.4, -0.2) is 15.0 Å². The molecule has 0 atom stereocenters. The van der Waals surface area contributed by atoms with Crippen molar-refractivity contribution in [1.29, 1.82) is 0 Å². The van der Waals surface area contributed by atoms with E-state index in [1.807, 2.05) is 6.92 Å². The quantitative estimate of drug-likeness (QED) is 0.147. The van der Waals surface area contributed by atoms with Crippen LogP contribution < -0.4 is 15.0 Å². The SMILES string of the molecule is Cc1c(Cl)cccc1NC(=S)/C(=C(\[O-])c1cccc([N+](=O)[O-])c1)[n+]1cccc(CO)c1. The Morgan fingerprint density at radius 3 is 2.68 bits per heavy atom. The summed E-state index contributed by atoms with van der Waals surface area (Å²) in [6.07, 6.45) is 3.19. The van der Waals surface area contributed by atoms with Crippen molar-refractivity contribution in [2.75, 3.05) is 5.32 Å². The van der Waals surface area contributed by atoms with E-state index < -0.39 is 10.7 Å². The van der Waals surface area contributed by atoms with Gasteiger partial charge in [-0.15, -0.1) is 0 Å². The fraction of sp³-hybridized carbons (Fsp3) is 0.0909. The smallest absolute Gasteiger partial charge is 0.270 e. The molecule has 7 nitrogen and oxygen atoms in total. The highest BCUT2D eigenvalue weighted by atomic mass is 35.5. The van der Waals surface area contributed by atoms with Crippen LogP contribution in [0.4, 0.5) is 11.4 Å². The van der Waals surface area contributed by atoms with E-state index in [4.69, 9.17) is 23.8 Å². The Kier molecular flexibility index (Phi) is 6.96. The zero-order valence-electron chi connectivity index (χ0n) is 16.4. The lowest BCUT2D eigenvalue weighted by Crippen LogP contribution is -2.40. The minimum Gasteiger partial charge on any atom is -0.867 e. The van der Waals surface area contributed by atoms with Crippen molar-refractivity contribution >= 4 is 51.6 Å². The van der Waals surface area contributed by atoms with Crippen molar-refractivity contribution in [3.8, 4) is 0 Å². The van der Waals surface area contributed by atoms with E-state index in [0.29, 0.717) is 16.3 Å². The van der Waals surface area contributed by atoms with Gasteiger partial charge in [-0.25, -0.2) is 0 Å². The average molecular weight is 456 g/mol. The first-order valence-corrected chi connectivity index (χ1v) is 9.94. The molecule has 0 bridgehead atoms. The number of thiocarbonyl (C=S) groups is 1. The first kappa shape index (κ1) is 22.4. The Bertz CT molecular complexity index is 1200. The molecule has 0 saturated carbocycles. The van der Waals surface area contributed by atoms with Gasteiger partial charge >= 0.3 is 0 Å². The third-order valence-corrected chi connectivity index (χ3v) is 5.27. The van der Waals surface area contributed by atoms with Crippen LogP contribution in [0.15, 0.2) is 67.0 Å². The van der Waals surface area contributed by atoms with Crippen LogP contribution in [-0.2, 0) is 6.61 Å². The van der Waals surface area contributed by atoms with Gasteiger partial charge in [0.05, 0.1) is 11.5 Å². The van der Waals surface area contributed by atoms with Gasteiger partial charge in [-0.3, -0.25) is 10.1 Å². The number of benzene rings is 2. The second-order valence-electron chi connectivity index (χ2n) is 6.63. The van der Waals surface area contributed by atoms with E-state index in [9.17, 15) is 20.3 Å². The van der Waals surface area contributed by atoms with Gasteiger partial charge in [-0.05, 0) is 42.0 Å². The number of hydrogen-bond donors (Lipinski definition) is 2. The van der Waals surface area contributed by atoms with Gasteiger partial charge in [-0.1, -0.05) is 42.0 Å². The second kappa shape index (κ2) is 9.65. The number of aliphatic hydroxyl groups is 1. The van der Waals surface area contributed by atoms with Crippen molar-refractivity contribution in [2.45, 2.75) is 13.5 Å². The number of nitrogens with zero attached hydrogens (tertiary/aromatic N) is 2. The summed E-state index contributed by atoms with van der Waals surface area (Å²) in [4.78, 5) is 10.7. The number of halogens is 1. The highest BCUT2D eigenvalue weighted by Crippen LogP contribution is 2.25. The topological polar surface area (TPSA) is 102 Å². The molecule has 1 heterocycles. The lowest BCUT2D eigenvalue weighted by molar-refractivity contribution is -0.578. The maximum Gasteiger partial charge on any atom is 0.270 e. The lowest BCUT2D eigenvalue weighted by atomic mass is 10.1. The number of nitro benzene ring substituents is 1. The normalized spacial score (nSPS) is 11.6. The third kappa shape index (κ3) is 5.05. The molecule has 0 aliphatic heterocycles. The molecule has 0 amide bonds. The summed E-state index contributed by atoms with van der Waals surface area (Å²) in [6, 6.07) is 14.1. The molecule has 0 aliphatic carbocycles. The largest absolute Gasteiger partial charge is 0.867 e. The van der Waals surface area contributed by atoms with Crippen LogP contribution in [0.2, 0.25) is 5.02 Å². The highest BCUT2D eigenvalue weighted by molar-refractivity contribution is 7.81. The monoisotopic (exact) mass is 455 g/mol. The molecule has 9 heteroatoms. The predicted molar refractivity (Wildman–Crippen MR) is 121 cm³/mol. The average Bonchev–Trinajstić information content (AvgIpc) is 2.77. The van der Waals surface area contributed by atoms with Crippen LogP contribution in [0, 0.1) is 17.0 Å². The van der Waals surface area contributed by atoms with Crippen molar-refractivity contribution in [2.24, 2.45) is 0 Å². The Labute approximate surface area is 189 Å². The molecule has 3 rings (SSSR count). The van der Waals surface area contributed by atoms with Crippen LogP contribution in [0.3, 0.4) is 0 Å². The molecule has 2 N–H and O–H groups in total. The number of anilines is 1. The highest BCUT2D eigenvalue weighted by Gasteiger charge is 2.21. The molecule has 2 aromatic carbocycles. The number of nitro groups is 1. The molecule has 0 spiro atoms. The van der Waals surface area contributed by atoms with Gasteiger partial charge in [0.2, 0.25) is 5.70 Å². The number of aromatic nitrogens is 1. The summed E-state index contributed by atoms with van der Waals surface area (Å²) >= 11 is 11.7. The number of hydrogen-bond acceptors (Lipinski definition) is 5. The molecule has 0 saturated heterocycles. The van der Waals surface area contributed by atoms with E-state index in [1.165, 1.54) is 28.8 Å². The standard InChI is InChI=1S/C22H18ClN3O4S/c1-14-18(23)8-3-9-19(14)24-22(31)20(25-10-4-5-15(12-25)13-27)21(28)16-6-2-7-17(11-16)26(29)30/h2-12,27H,13H2,1H3,(H-,24,28,31). The van der Waals surface area contributed by atoms with Crippen LogP contribution in [0.25, 0.3) is 11.5 Å². The van der Waals surface area contributed by atoms with E-state index >= 15 is 0 Å². The van der Waals surface area contributed by atoms with Gasteiger partial charge in [0.15, 0.2) is 17.4 Å². The van der Waals surface area contributed by atoms with Gasteiger partial charge in [0, 0.05) is 34.5 Å². The second-order valence-corrected chi connectivity index (χ2v) is 7.44. The number of non-ortho nitro benzene ring substituents is 1. The van der Waals surface area contributed by atoms with Crippen LogP contribution in [0.5, 0.6) is 0 Å². The molecule has 1 aromatic heterocycles. The molecule has 31 heavy (non-hydrogen) atoms. The molecule has 0 unspecified atom stereocenters. The summed E-state index contributed by atoms with van der Waals surface area (Å²) in [6.45, 7) is 1.58. The number of aliphatic hydroxyl groups excluding tert-OH is 1. The van der Waals surface area contributed by atoms with Crippen molar-refractivity contribution in [3.05, 3.63) is 98.8 Å². The maximum atomic E-state index is 13.4.